The largest absolute Gasteiger partial charge is 0.347 e. The third kappa shape index (κ3) is 3.44. The Kier molecular flexibility index (Phi) is 4.52. The smallest absolute Gasteiger partial charge is 0.281 e. The number of amides is 1. The first kappa shape index (κ1) is 15.9. The first-order valence-electron chi connectivity index (χ1n) is 8.28. The van der Waals surface area contributed by atoms with Crippen LogP contribution in [0.4, 0.5) is 0 Å². The van der Waals surface area contributed by atoms with Gasteiger partial charge in [-0.15, -0.1) is 0 Å². The van der Waals surface area contributed by atoms with E-state index in [4.69, 9.17) is 0 Å². The number of nitrogens with one attached hydrogen (secondary N) is 1. The van der Waals surface area contributed by atoms with Crippen LogP contribution in [0, 0.1) is 0 Å². The fraction of sp³-hybridized carbons (Fsp3) is 0.211. The van der Waals surface area contributed by atoms with Crippen LogP contribution in [0.15, 0.2) is 59.9 Å². The number of benzene rings is 1. The molecule has 1 N–H and O–H groups in total. The number of carbonyl (C=O) groups is 1. The Hall–Kier alpha value is -2.60. The molecule has 1 fully saturated rings. The number of hydrogen-bond acceptors (Lipinski definition) is 3. The van der Waals surface area contributed by atoms with Crippen molar-refractivity contribution in [2.45, 2.75) is 13.0 Å². The van der Waals surface area contributed by atoms with Crippen LogP contribution in [0.25, 0.3) is 11.0 Å². The number of aromatic amines is 1. The van der Waals surface area contributed by atoms with Gasteiger partial charge in [0.15, 0.2) is 5.17 Å². The van der Waals surface area contributed by atoms with E-state index in [0.29, 0.717) is 11.2 Å². The van der Waals surface area contributed by atoms with Crippen molar-refractivity contribution in [1.82, 2.24) is 14.9 Å². The summed E-state index contributed by atoms with van der Waals surface area (Å²) in [7, 11) is 0. The molecule has 0 spiro atoms. The van der Waals surface area contributed by atoms with Crippen molar-refractivity contribution in [3.63, 3.8) is 0 Å². The van der Waals surface area contributed by atoms with Crippen molar-refractivity contribution in [3.8, 4) is 0 Å². The number of carbonyl (C=O) groups excluding carboxylic acids is 1. The number of rotatable bonds is 3. The second kappa shape index (κ2) is 7.11. The van der Waals surface area contributed by atoms with Crippen molar-refractivity contribution in [2.75, 3.05) is 12.3 Å². The lowest BCUT2D eigenvalue weighted by Crippen LogP contribution is -2.34. The molecular weight excluding hydrogens is 332 g/mol. The number of H-pyrrole nitrogens is 1. The number of hydrogen-bond donors (Lipinski definition) is 1. The van der Waals surface area contributed by atoms with Crippen LogP contribution in [-0.2, 0) is 6.54 Å². The lowest BCUT2D eigenvalue weighted by atomic mass is 10.2. The summed E-state index contributed by atoms with van der Waals surface area (Å²) in [5.74, 6) is 0.772. The van der Waals surface area contributed by atoms with Crippen LogP contribution in [0.3, 0.4) is 0 Å². The van der Waals surface area contributed by atoms with Gasteiger partial charge in [0.2, 0.25) is 0 Å². The molecule has 0 aliphatic carbocycles. The highest BCUT2D eigenvalue weighted by atomic mass is 32.2. The molecule has 0 unspecified atom stereocenters. The minimum absolute atomic E-state index is 0.221. The molecule has 126 valence electrons. The van der Waals surface area contributed by atoms with Crippen molar-refractivity contribution >= 4 is 33.9 Å². The molecule has 1 aliphatic heterocycles. The van der Waals surface area contributed by atoms with Crippen molar-refractivity contribution in [2.24, 2.45) is 4.99 Å². The molecule has 6 heteroatoms. The number of aliphatic imine (C=N–C) groups is 1. The van der Waals surface area contributed by atoms with Gasteiger partial charge in [-0.3, -0.25) is 4.79 Å². The van der Waals surface area contributed by atoms with Gasteiger partial charge in [0, 0.05) is 36.6 Å². The van der Waals surface area contributed by atoms with Crippen LogP contribution in [0.2, 0.25) is 0 Å². The maximum atomic E-state index is 12.7. The number of amidine groups is 1. The maximum Gasteiger partial charge on any atom is 0.281 e. The van der Waals surface area contributed by atoms with Gasteiger partial charge in [-0.1, -0.05) is 42.1 Å². The first-order chi connectivity index (χ1) is 12.3. The predicted molar refractivity (Wildman–Crippen MR) is 102 cm³/mol. The highest BCUT2D eigenvalue weighted by molar-refractivity contribution is 8.13. The van der Waals surface area contributed by atoms with Crippen LogP contribution in [-0.4, -0.2) is 38.2 Å². The summed E-state index contributed by atoms with van der Waals surface area (Å²) in [6.07, 6.45) is 4.50. The van der Waals surface area contributed by atoms with E-state index in [0.717, 1.165) is 35.8 Å². The Morgan fingerprint density at radius 2 is 2.12 bits per heavy atom. The number of fused-ring (bicyclic) bond motifs is 1. The zero-order valence-electron chi connectivity index (χ0n) is 13.7. The summed E-state index contributed by atoms with van der Waals surface area (Å²) in [4.78, 5) is 26.6. The molecule has 25 heavy (non-hydrogen) atoms. The van der Waals surface area contributed by atoms with Gasteiger partial charge in [-0.25, -0.2) is 4.98 Å². The van der Waals surface area contributed by atoms with E-state index in [1.807, 2.05) is 30.3 Å². The Morgan fingerprint density at radius 1 is 1.24 bits per heavy atom. The minimum atomic E-state index is -0.221. The predicted octanol–water partition coefficient (Wildman–Crippen LogP) is 3.70. The van der Waals surface area contributed by atoms with E-state index in [2.05, 4.69) is 32.0 Å². The summed E-state index contributed by atoms with van der Waals surface area (Å²) in [5.41, 5.74) is 2.51. The lowest BCUT2D eigenvalue weighted by Gasteiger charge is -2.29. The Morgan fingerprint density at radius 3 is 3.00 bits per heavy atom. The maximum absolute atomic E-state index is 12.7. The SMILES string of the molecule is O=C(/N=C1\SCCCN1Cc1ccccc1)c1c[nH]c2ncccc12. The van der Waals surface area contributed by atoms with Crippen molar-refractivity contribution < 1.29 is 4.79 Å². The van der Waals surface area contributed by atoms with Crippen LogP contribution in [0.1, 0.15) is 22.3 Å². The molecule has 0 saturated carbocycles. The summed E-state index contributed by atoms with van der Waals surface area (Å²) < 4.78 is 0. The van der Waals surface area contributed by atoms with Gasteiger partial charge in [0.25, 0.3) is 5.91 Å². The van der Waals surface area contributed by atoms with Gasteiger partial charge < -0.3 is 9.88 Å². The molecule has 0 radical (unpaired) electrons. The molecule has 1 aromatic carbocycles. The normalized spacial score (nSPS) is 16.5. The number of nitrogens with zero attached hydrogens (tertiary/aromatic N) is 3. The molecule has 1 aliphatic rings. The third-order valence-corrected chi connectivity index (χ3v) is 5.27. The molecule has 5 nitrogen and oxygen atoms in total. The van der Waals surface area contributed by atoms with Gasteiger partial charge in [-0.05, 0) is 24.1 Å². The Bertz CT molecular complexity index is 919. The van der Waals surface area contributed by atoms with E-state index >= 15 is 0 Å². The van der Waals surface area contributed by atoms with E-state index < -0.39 is 0 Å². The van der Waals surface area contributed by atoms with Crippen LogP contribution in [0.5, 0.6) is 0 Å². The number of pyridine rings is 1. The molecular formula is C19H18N4OS. The van der Waals surface area contributed by atoms with E-state index in [-0.39, 0.29) is 5.91 Å². The van der Waals surface area contributed by atoms with E-state index in [9.17, 15) is 4.79 Å². The minimum Gasteiger partial charge on any atom is -0.347 e. The van der Waals surface area contributed by atoms with Crippen molar-refractivity contribution in [3.05, 3.63) is 66.0 Å². The highest BCUT2D eigenvalue weighted by Gasteiger charge is 2.20. The summed E-state index contributed by atoms with van der Waals surface area (Å²) in [5, 5.41) is 1.62. The van der Waals surface area contributed by atoms with E-state index in [1.54, 1.807) is 24.2 Å². The standard InChI is InChI=1S/C19H18N4OS/c24-18(16-12-21-17-15(16)8-4-9-20-17)22-19-23(10-5-11-25-19)13-14-6-2-1-3-7-14/h1-4,6-9,12H,5,10-11,13H2,(H,20,21)/b22-19-. The number of aromatic nitrogens is 2. The summed E-state index contributed by atoms with van der Waals surface area (Å²) >= 11 is 1.65. The second-order valence-electron chi connectivity index (χ2n) is 5.91. The summed E-state index contributed by atoms with van der Waals surface area (Å²) in [6.45, 7) is 1.69. The molecule has 1 amide bonds. The molecule has 2 aromatic heterocycles. The molecule has 4 rings (SSSR count). The lowest BCUT2D eigenvalue weighted by molar-refractivity contribution is 0.100. The average molecular weight is 350 g/mol. The van der Waals surface area contributed by atoms with Crippen molar-refractivity contribution in [1.29, 1.82) is 0 Å². The number of thioether (sulfide) groups is 1. The monoisotopic (exact) mass is 350 g/mol. The Labute approximate surface area is 150 Å². The van der Waals surface area contributed by atoms with Crippen LogP contribution >= 0.6 is 11.8 Å². The van der Waals surface area contributed by atoms with Gasteiger partial charge in [0.05, 0.1) is 5.56 Å². The topological polar surface area (TPSA) is 61.4 Å². The van der Waals surface area contributed by atoms with Gasteiger partial charge in [0.1, 0.15) is 5.65 Å². The average Bonchev–Trinajstić information content (AvgIpc) is 3.08. The third-order valence-electron chi connectivity index (χ3n) is 4.17. The zero-order chi connectivity index (χ0) is 17.1. The van der Waals surface area contributed by atoms with E-state index in [1.165, 1.54) is 5.56 Å². The fourth-order valence-corrected chi connectivity index (χ4v) is 3.88. The van der Waals surface area contributed by atoms with Gasteiger partial charge in [-0.2, -0.15) is 4.99 Å². The molecule has 3 heterocycles. The second-order valence-corrected chi connectivity index (χ2v) is 6.97. The fourth-order valence-electron chi connectivity index (χ4n) is 2.94. The molecule has 0 atom stereocenters. The van der Waals surface area contributed by atoms with Crippen LogP contribution < -0.4 is 0 Å². The molecule has 1 saturated heterocycles. The highest BCUT2D eigenvalue weighted by Crippen LogP contribution is 2.22. The Balaban J connectivity index is 1.60. The quantitative estimate of drug-likeness (QED) is 0.782. The molecule has 0 bridgehead atoms. The zero-order valence-corrected chi connectivity index (χ0v) is 14.5. The first-order valence-corrected chi connectivity index (χ1v) is 9.26. The molecule has 3 aromatic rings. The van der Waals surface area contributed by atoms with Gasteiger partial charge >= 0.3 is 0 Å². The summed E-state index contributed by atoms with van der Waals surface area (Å²) in [6, 6.07) is 14.0.